The van der Waals surface area contributed by atoms with E-state index in [4.69, 9.17) is 0 Å². The molecule has 0 saturated carbocycles. The molecule has 0 radical (unpaired) electrons. The Bertz CT molecular complexity index is 317. The molecule has 1 aromatic heterocycles. The number of β-amino-alcohol motifs (C(OH)–C–C–N with tert-alkyl or cyclic N) is 1. The van der Waals surface area contributed by atoms with Gasteiger partial charge in [-0.2, -0.15) is 0 Å². The maximum atomic E-state index is 9.74. The van der Waals surface area contributed by atoms with Crippen LogP contribution < -0.4 is 5.32 Å². The topological polar surface area (TPSA) is 48.4 Å². The van der Waals surface area contributed by atoms with Crippen LogP contribution in [-0.4, -0.2) is 53.8 Å². The molecule has 2 unspecified atom stereocenters. The van der Waals surface area contributed by atoms with Gasteiger partial charge in [-0.1, -0.05) is 6.07 Å². The van der Waals surface area contributed by atoms with Crippen molar-refractivity contribution >= 4 is 0 Å². The molecule has 88 valence electrons. The second-order valence-electron chi connectivity index (χ2n) is 4.34. The fourth-order valence-electron chi connectivity index (χ4n) is 2.10. The summed E-state index contributed by atoms with van der Waals surface area (Å²) in [5, 5.41) is 12.9. The molecule has 4 heteroatoms. The first-order valence-corrected chi connectivity index (χ1v) is 5.76. The second kappa shape index (κ2) is 5.39. The third-order valence-electron chi connectivity index (χ3n) is 3.16. The van der Waals surface area contributed by atoms with Crippen molar-refractivity contribution < 1.29 is 5.11 Å². The molecule has 1 fully saturated rings. The molecule has 0 bridgehead atoms. The summed E-state index contributed by atoms with van der Waals surface area (Å²) in [6.07, 6.45) is 2.51. The molecule has 2 heterocycles. The number of aliphatic hydroxyl groups excluding tert-OH is 1. The minimum Gasteiger partial charge on any atom is -0.390 e. The van der Waals surface area contributed by atoms with Crippen LogP contribution in [0.15, 0.2) is 24.4 Å². The molecule has 0 spiro atoms. The van der Waals surface area contributed by atoms with Gasteiger partial charge in [-0.3, -0.25) is 9.88 Å². The molecule has 1 saturated heterocycles. The molecule has 2 rings (SSSR count). The maximum absolute atomic E-state index is 9.74. The van der Waals surface area contributed by atoms with Crippen LogP contribution in [0.3, 0.4) is 0 Å². The molecule has 4 nitrogen and oxygen atoms in total. The average molecular weight is 221 g/mol. The first-order chi connectivity index (χ1) is 7.77. The highest BCUT2D eigenvalue weighted by Crippen LogP contribution is 2.08. The number of likely N-dealkylation sites (N-methyl/N-ethyl adjacent to an activating group) is 1. The zero-order valence-electron chi connectivity index (χ0n) is 9.63. The Labute approximate surface area is 96.3 Å². The van der Waals surface area contributed by atoms with Gasteiger partial charge < -0.3 is 10.4 Å². The van der Waals surface area contributed by atoms with Gasteiger partial charge in [-0.15, -0.1) is 0 Å². The largest absolute Gasteiger partial charge is 0.390 e. The van der Waals surface area contributed by atoms with Crippen LogP contribution in [0.2, 0.25) is 0 Å². The van der Waals surface area contributed by atoms with Crippen LogP contribution in [0, 0.1) is 0 Å². The first-order valence-electron chi connectivity index (χ1n) is 5.76. The van der Waals surface area contributed by atoms with E-state index >= 15 is 0 Å². The zero-order chi connectivity index (χ0) is 11.4. The highest BCUT2D eigenvalue weighted by molar-refractivity contribution is 5.04. The summed E-state index contributed by atoms with van der Waals surface area (Å²) >= 11 is 0. The van der Waals surface area contributed by atoms with Crippen LogP contribution in [0.4, 0.5) is 0 Å². The Balaban J connectivity index is 1.81. The van der Waals surface area contributed by atoms with Crippen molar-refractivity contribution in [3.05, 3.63) is 30.1 Å². The van der Waals surface area contributed by atoms with Crippen LogP contribution in [-0.2, 0) is 6.42 Å². The Hall–Kier alpha value is -0.970. The molecule has 0 amide bonds. The van der Waals surface area contributed by atoms with Gasteiger partial charge in [-0.05, 0) is 19.2 Å². The van der Waals surface area contributed by atoms with Gasteiger partial charge in [0.05, 0.1) is 6.10 Å². The quantitative estimate of drug-likeness (QED) is 0.745. The molecular formula is C12H19N3O. The molecule has 1 aliphatic heterocycles. The maximum Gasteiger partial charge on any atom is 0.0831 e. The molecular weight excluding hydrogens is 202 g/mol. The molecule has 0 aliphatic carbocycles. The predicted molar refractivity (Wildman–Crippen MR) is 63.2 cm³/mol. The van der Waals surface area contributed by atoms with Crippen molar-refractivity contribution in [2.24, 2.45) is 0 Å². The lowest BCUT2D eigenvalue weighted by Gasteiger charge is -2.25. The Morgan fingerprint density at radius 2 is 2.38 bits per heavy atom. The van der Waals surface area contributed by atoms with E-state index in [2.05, 4.69) is 22.2 Å². The standard InChI is InChI=1S/C12H19N3O/c1-15(11-8-13-9-12(11)16)7-5-10-4-2-3-6-14-10/h2-4,6,11-13,16H,5,7-9H2,1H3. The lowest BCUT2D eigenvalue weighted by molar-refractivity contribution is 0.100. The number of nitrogens with zero attached hydrogens (tertiary/aromatic N) is 2. The summed E-state index contributed by atoms with van der Waals surface area (Å²) in [4.78, 5) is 6.50. The monoisotopic (exact) mass is 221 g/mol. The number of aliphatic hydroxyl groups is 1. The summed E-state index contributed by atoms with van der Waals surface area (Å²) in [5.41, 5.74) is 1.11. The SMILES string of the molecule is CN(CCc1ccccn1)C1CNCC1O. The van der Waals surface area contributed by atoms with Crippen LogP contribution >= 0.6 is 0 Å². The molecule has 2 N–H and O–H groups in total. The number of aromatic nitrogens is 1. The third kappa shape index (κ3) is 2.78. The smallest absolute Gasteiger partial charge is 0.0831 e. The van der Waals surface area contributed by atoms with Gasteiger partial charge in [-0.25, -0.2) is 0 Å². The van der Waals surface area contributed by atoms with Gasteiger partial charge in [0, 0.05) is 44.0 Å². The van der Waals surface area contributed by atoms with E-state index in [1.807, 2.05) is 24.4 Å². The first kappa shape index (κ1) is 11.5. The van der Waals surface area contributed by atoms with Crippen LogP contribution in [0.5, 0.6) is 0 Å². The van der Waals surface area contributed by atoms with Crippen LogP contribution in [0.25, 0.3) is 0 Å². The summed E-state index contributed by atoms with van der Waals surface area (Å²) in [6.45, 7) is 2.51. The summed E-state index contributed by atoms with van der Waals surface area (Å²) in [5.74, 6) is 0. The van der Waals surface area contributed by atoms with E-state index in [-0.39, 0.29) is 12.1 Å². The van der Waals surface area contributed by atoms with Gasteiger partial charge in [0.2, 0.25) is 0 Å². The highest BCUT2D eigenvalue weighted by atomic mass is 16.3. The molecule has 16 heavy (non-hydrogen) atoms. The van der Waals surface area contributed by atoms with Crippen molar-refractivity contribution in [1.82, 2.24) is 15.2 Å². The minimum atomic E-state index is -0.242. The highest BCUT2D eigenvalue weighted by Gasteiger charge is 2.27. The van der Waals surface area contributed by atoms with Gasteiger partial charge in [0.15, 0.2) is 0 Å². The number of hydrogen-bond donors (Lipinski definition) is 2. The third-order valence-corrected chi connectivity index (χ3v) is 3.16. The number of pyridine rings is 1. The fourth-order valence-corrected chi connectivity index (χ4v) is 2.10. The van der Waals surface area contributed by atoms with Crippen molar-refractivity contribution in [3.8, 4) is 0 Å². The average Bonchev–Trinajstić information content (AvgIpc) is 2.74. The zero-order valence-corrected chi connectivity index (χ0v) is 9.63. The second-order valence-corrected chi connectivity index (χ2v) is 4.34. The normalized spacial score (nSPS) is 25.2. The fraction of sp³-hybridized carbons (Fsp3) is 0.583. The summed E-state index contributed by atoms with van der Waals surface area (Å²) in [7, 11) is 2.06. The Morgan fingerprint density at radius 3 is 3.00 bits per heavy atom. The van der Waals surface area contributed by atoms with Crippen molar-refractivity contribution in [1.29, 1.82) is 0 Å². The lowest BCUT2D eigenvalue weighted by atomic mass is 10.1. The number of nitrogens with one attached hydrogen (secondary N) is 1. The Kier molecular flexibility index (Phi) is 3.88. The van der Waals surface area contributed by atoms with Crippen LogP contribution in [0.1, 0.15) is 5.69 Å². The van der Waals surface area contributed by atoms with Gasteiger partial charge >= 0.3 is 0 Å². The molecule has 1 aromatic rings. The predicted octanol–water partition coefficient (Wildman–Crippen LogP) is -0.111. The molecule has 0 aromatic carbocycles. The number of hydrogen-bond acceptors (Lipinski definition) is 4. The van der Waals surface area contributed by atoms with E-state index in [9.17, 15) is 5.11 Å². The van der Waals surface area contributed by atoms with E-state index in [0.717, 1.165) is 25.2 Å². The van der Waals surface area contributed by atoms with E-state index in [1.165, 1.54) is 0 Å². The van der Waals surface area contributed by atoms with Crippen molar-refractivity contribution in [3.63, 3.8) is 0 Å². The van der Waals surface area contributed by atoms with Crippen molar-refractivity contribution in [2.75, 3.05) is 26.7 Å². The summed E-state index contributed by atoms with van der Waals surface area (Å²) in [6, 6.07) is 6.22. The van der Waals surface area contributed by atoms with E-state index in [1.54, 1.807) is 0 Å². The van der Waals surface area contributed by atoms with E-state index in [0.29, 0.717) is 6.54 Å². The molecule has 1 aliphatic rings. The number of rotatable bonds is 4. The van der Waals surface area contributed by atoms with Crippen molar-refractivity contribution in [2.45, 2.75) is 18.6 Å². The summed E-state index contributed by atoms with van der Waals surface area (Å²) < 4.78 is 0. The Morgan fingerprint density at radius 1 is 1.50 bits per heavy atom. The van der Waals surface area contributed by atoms with E-state index < -0.39 is 0 Å². The van der Waals surface area contributed by atoms with Gasteiger partial charge in [0.1, 0.15) is 0 Å². The molecule has 2 atom stereocenters. The minimum absolute atomic E-state index is 0.240. The lowest BCUT2D eigenvalue weighted by Crippen LogP contribution is -2.41. The van der Waals surface area contributed by atoms with Gasteiger partial charge in [0.25, 0.3) is 0 Å².